The maximum atomic E-state index is 13.6. The number of nitrogens with one attached hydrogen (secondary N) is 1. The number of carbonyl (C=O) groups excluding carboxylic acids is 3. The zero-order valence-electron chi connectivity index (χ0n) is 16.5. The van der Waals surface area contributed by atoms with Gasteiger partial charge in [0, 0.05) is 18.1 Å². The molecule has 4 heterocycles. The van der Waals surface area contributed by atoms with E-state index in [-0.39, 0.29) is 42.3 Å². The number of benzene rings is 1. The highest BCUT2D eigenvalue weighted by atomic mass is 35.5. The number of anilines is 1. The van der Waals surface area contributed by atoms with E-state index < -0.39 is 17.4 Å². The average Bonchev–Trinajstić information content (AvgIpc) is 3.42. The number of nitrogens with zero attached hydrogens (tertiary/aromatic N) is 1. The van der Waals surface area contributed by atoms with Gasteiger partial charge in [0.2, 0.25) is 17.4 Å². The predicted octanol–water partition coefficient (Wildman–Crippen LogP) is 0.869. The van der Waals surface area contributed by atoms with Gasteiger partial charge in [-0.3, -0.25) is 19.3 Å². The maximum absolute atomic E-state index is 13.6. The van der Waals surface area contributed by atoms with Crippen molar-refractivity contribution in [2.24, 2.45) is 17.8 Å². The summed E-state index contributed by atoms with van der Waals surface area (Å²) < 4.78 is 5.67. The molecule has 0 aromatic heterocycles. The number of carbonyl (C=O) groups is 3. The fraction of sp³-hybridized carbons (Fsp3) is 0.571. The van der Waals surface area contributed by atoms with Crippen molar-refractivity contribution in [3.8, 4) is 0 Å². The molecule has 3 saturated heterocycles. The van der Waals surface area contributed by atoms with Crippen LogP contribution in [0.15, 0.2) is 18.2 Å². The molecule has 0 unspecified atom stereocenters. The fourth-order valence-electron chi connectivity index (χ4n) is 5.72. The van der Waals surface area contributed by atoms with Gasteiger partial charge in [0.25, 0.3) is 5.91 Å². The Bertz CT molecular complexity index is 913. The summed E-state index contributed by atoms with van der Waals surface area (Å²) in [5, 5.41) is 5.28. The lowest BCUT2D eigenvalue weighted by molar-refractivity contribution is -0.738. The second kappa shape index (κ2) is 6.52. The third kappa shape index (κ3) is 2.47. The molecule has 0 aliphatic carbocycles. The molecule has 5 atom stereocenters. The van der Waals surface area contributed by atoms with Crippen LogP contribution in [0, 0.1) is 17.8 Å². The summed E-state index contributed by atoms with van der Waals surface area (Å²) in [7, 11) is 0. The van der Waals surface area contributed by atoms with Crippen molar-refractivity contribution in [3.05, 3.63) is 28.8 Å². The molecule has 1 spiro atoms. The summed E-state index contributed by atoms with van der Waals surface area (Å²) in [6.07, 6.45) is 1.67. The molecule has 4 aliphatic heterocycles. The highest BCUT2D eigenvalue weighted by Crippen LogP contribution is 2.51. The van der Waals surface area contributed by atoms with Crippen LogP contribution in [0.3, 0.4) is 0 Å². The van der Waals surface area contributed by atoms with Gasteiger partial charge in [0.1, 0.15) is 17.9 Å². The zero-order valence-corrected chi connectivity index (χ0v) is 17.2. The monoisotopic (exact) mass is 418 g/mol. The van der Waals surface area contributed by atoms with Crippen molar-refractivity contribution in [2.75, 3.05) is 18.5 Å². The topological polar surface area (TPSA) is 92.3 Å². The first-order valence-corrected chi connectivity index (χ1v) is 10.7. The van der Waals surface area contributed by atoms with Gasteiger partial charge < -0.3 is 15.4 Å². The second-order valence-corrected chi connectivity index (χ2v) is 9.31. The number of hydrogen-bond donors (Lipinski definition) is 2. The van der Waals surface area contributed by atoms with Gasteiger partial charge in [-0.05, 0) is 25.0 Å². The molecule has 0 saturated carbocycles. The van der Waals surface area contributed by atoms with Crippen molar-refractivity contribution < 1.29 is 24.4 Å². The highest BCUT2D eigenvalue weighted by Gasteiger charge is 2.74. The summed E-state index contributed by atoms with van der Waals surface area (Å²) in [6, 6.07) is 5.19. The standard InChI is InChI=1S/C21H24ClN3O4/c1-10(2)16-14-15(19(27)25(18(14)26)9-11-5-4-8-29-11)21(24-16)12-6-3-7-13(22)17(12)23-20(21)28/h3,6-7,10-11,14-16,24H,4-5,8-9H2,1-2H3,(H,23,28)/p+1/t11-,14-,15-,16+,21-/m1/s1. The van der Waals surface area contributed by atoms with Crippen LogP contribution in [0.1, 0.15) is 32.3 Å². The van der Waals surface area contributed by atoms with Crippen LogP contribution in [0.4, 0.5) is 5.69 Å². The summed E-state index contributed by atoms with van der Waals surface area (Å²) in [5.41, 5.74) is 0.0994. The Hall–Kier alpha value is -1.96. The zero-order chi connectivity index (χ0) is 20.5. The lowest BCUT2D eigenvalue weighted by Crippen LogP contribution is -2.99. The molecule has 4 aliphatic rings. The lowest BCUT2D eigenvalue weighted by Gasteiger charge is -2.28. The van der Waals surface area contributed by atoms with E-state index in [2.05, 4.69) is 5.32 Å². The number of ether oxygens (including phenoxy) is 1. The van der Waals surface area contributed by atoms with Crippen molar-refractivity contribution in [3.63, 3.8) is 0 Å². The minimum absolute atomic E-state index is 0.113. The summed E-state index contributed by atoms with van der Waals surface area (Å²) in [6.45, 7) is 5.00. The van der Waals surface area contributed by atoms with Gasteiger partial charge in [-0.2, -0.15) is 0 Å². The van der Waals surface area contributed by atoms with Crippen molar-refractivity contribution in [1.29, 1.82) is 0 Å². The Labute approximate surface area is 174 Å². The van der Waals surface area contributed by atoms with Crippen molar-refractivity contribution in [1.82, 2.24) is 4.90 Å². The molecule has 0 bridgehead atoms. The van der Waals surface area contributed by atoms with Crippen molar-refractivity contribution >= 4 is 35.0 Å². The number of fused-ring (bicyclic) bond motifs is 4. The predicted molar refractivity (Wildman–Crippen MR) is 105 cm³/mol. The Morgan fingerprint density at radius 2 is 2.10 bits per heavy atom. The van der Waals surface area contributed by atoms with Crippen LogP contribution in [0.2, 0.25) is 5.02 Å². The van der Waals surface area contributed by atoms with Gasteiger partial charge in [-0.1, -0.05) is 31.5 Å². The quantitative estimate of drug-likeness (QED) is 0.712. The van der Waals surface area contributed by atoms with Crippen LogP contribution in [0.5, 0.6) is 0 Å². The number of para-hydroxylation sites is 1. The third-order valence-corrected chi connectivity index (χ3v) is 7.37. The number of quaternary nitrogens is 1. The van der Waals surface area contributed by atoms with Gasteiger partial charge in [-0.15, -0.1) is 0 Å². The summed E-state index contributed by atoms with van der Waals surface area (Å²) in [4.78, 5) is 41.6. The van der Waals surface area contributed by atoms with Gasteiger partial charge >= 0.3 is 0 Å². The lowest BCUT2D eigenvalue weighted by atomic mass is 9.76. The molecule has 3 amide bonds. The van der Waals surface area contributed by atoms with Gasteiger partial charge in [-0.25, -0.2) is 0 Å². The molecule has 154 valence electrons. The molecule has 5 rings (SSSR count). The van der Waals surface area contributed by atoms with Gasteiger partial charge in [0.05, 0.1) is 23.4 Å². The number of imide groups is 1. The number of halogens is 1. The van der Waals surface area contributed by atoms with Gasteiger partial charge in [0.15, 0.2) is 0 Å². The van der Waals surface area contributed by atoms with E-state index in [1.165, 1.54) is 4.90 Å². The molecule has 0 radical (unpaired) electrons. The molecule has 3 fully saturated rings. The van der Waals surface area contributed by atoms with Crippen LogP contribution in [0.25, 0.3) is 0 Å². The third-order valence-electron chi connectivity index (χ3n) is 7.06. The Morgan fingerprint density at radius 3 is 2.79 bits per heavy atom. The van der Waals surface area contributed by atoms with E-state index in [1.807, 2.05) is 25.2 Å². The normalized spacial score (nSPS) is 35.7. The number of amides is 3. The number of likely N-dealkylation sites (tertiary alicyclic amines) is 1. The highest BCUT2D eigenvalue weighted by molar-refractivity contribution is 6.35. The van der Waals surface area contributed by atoms with E-state index in [9.17, 15) is 14.4 Å². The van der Waals surface area contributed by atoms with Crippen LogP contribution in [-0.2, 0) is 24.7 Å². The number of hydrogen-bond acceptors (Lipinski definition) is 4. The van der Waals surface area contributed by atoms with Crippen LogP contribution >= 0.6 is 11.6 Å². The van der Waals surface area contributed by atoms with E-state index in [0.29, 0.717) is 22.9 Å². The molecular formula is C21H25ClN3O4+. The second-order valence-electron chi connectivity index (χ2n) is 8.90. The smallest absolute Gasteiger partial charge is 0.291 e. The SMILES string of the molecule is CC(C)[C@@H]1[NH2+][C@@]2(C(=O)Nc3c(Cl)cccc32)[C@H]2C(=O)N(C[C@H]3CCCO3)C(=O)[C@@H]12. The largest absolute Gasteiger partial charge is 0.376 e. The molecule has 7 nitrogen and oxygen atoms in total. The first kappa shape index (κ1) is 19.0. The molecule has 3 N–H and O–H groups in total. The first-order valence-electron chi connectivity index (χ1n) is 10.3. The Balaban J connectivity index is 1.61. The number of nitrogens with two attached hydrogens (primary N) is 1. The fourth-order valence-corrected chi connectivity index (χ4v) is 5.94. The van der Waals surface area contributed by atoms with E-state index in [0.717, 1.165) is 12.8 Å². The molecule has 29 heavy (non-hydrogen) atoms. The molecule has 8 heteroatoms. The van der Waals surface area contributed by atoms with E-state index in [4.69, 9.17) is 16.3 Å². The molecule has 1 aromatic rings. The van der Waals surface area contributed by atoms with Crippen molar-refractivity contribution in [2.45, 2.75) is 44.4 Å². The first-order chi connectivity index (χ1) is 13.9. The maximum Gasteiger partial charge on any atom is 0.291 e. The molecule has 1 aromatic carbocycles. The Kier molecular flexibility index (Phi) is 4.28. The summed E-state index contributed by atoms with van der Waals surface area (Å²) in [5.74, 6) is -1.84. The van der Waals surface area contributed by atoms with Crippen LogP contribution in [-0.4, -0.2) is 47.9 Å². The number of rotatable bonds is 3. The van der Waals surface area contributed by atoms with Crippen LogP contribution < -0.4 is 10.6 Å². The minimum Gasteiger partial charge on any atom is -0.376 e. The Morgan fingerprint density at radius 1 is 1.31 bits per heavy atom. The van der Waals surface area contributed by atoms with E-state index in [1.54, 1.807) is 12.1 Å². The molecular weight excluding hydrogens is 394 g/mol. The summed E-state index contributed by atoms with van der Waals surface area (Å²) >= 11 is 6.34. The average molecular weight is 419 g/mol. The minimum atomic E-state index is -1.15. The van der Waals surface area contributed by atoms with E-state index >= 15 is 0 Å².